The predicted molar refractivity (Wildman–Crippen MR) is 59.3 cm³/mol. The van der Waals surface area contributed by atoms with Crippen LogP contribution in [0.15, 0.2) is 42.8 Å². The van der Waals surface area contributed by atoms with E-state index in [1.54, 1.807) is 0 Å². The molecule has 2 heterocycles. The Morgan fingerprint density at radius 1 is 1.31 bits per heavy atom. The lowest BCUT2D eigenvalue weighted by atomic mass is 10.2. The first kappa shape index (κ1) is 9.22. The number of hydrogen-bond acceptors (Lipinski definition) is 0. The summed E-state index contributed by atoms with van der Waals surface area (Å²) in [5, 5.41) is 0. The second-order valence-corrected chi connectivity index (χ2v) is 4.11. The number of hydrogen-bond donors (Lipinski definition) is 0. The standard InChI is InChI=1S/C13H15N2.HI/c1-14-8-2-3-13(14)11-6-9-15(10-7-11)12-4-5-12;/h2-3,6-10,12H,4-5H2,1H3;1H/q+1;/p-1/i9D,10D;. The number of halogens is 1. The van der Waals surface area contributed by atoms with Gasteiger partial charge in [0, 0.05) is 49.5 Å². The zero-order valence-corrected chi connectivity index (χ0v) is 11.3. The summed E-state index contributed by atoms with van der Waals surface area (Å²) >= 11 is 0. The maximum atomic E-state index is 8.03. The van der Waals surface area contributed by atoms with Crippen LogP contribution in [-0.4, -0.2) is 4.57 Å². The van der Waals surface area contributed by atoms with Crippen LogP contribution in [0.25, 0.3) is 11.3 Å². The van der Waals surface area contributed by atoms with Crippen molar-refractivity contribution in [2.45, 2.75) is 18.9 Å². The fraction of sp³-hybridized carbons (Fsp3) is 0.308. The molecule has 0 unspecified atom stereocenters. The zero-order chi connectivity index (χ0) is 12.0. The molecular formula is C13H15IN2. The first-order valence-corrected chi connectivity index (χ1v) is 5.31. The highest BCUT2D eigenvalue weighted by Crippen LogP contribution is 2.29. The highest BCUT2D eigenvalue weighted by Gasteiger charge is 2.30. The monoisotopic (exact) mass is 328 g/mol. The fourth-order valence-corrected chi connectivity index (χ4v) is 1.81. The molecule has 1 fully saturated rings. The van der Waals surface area contributed by atoms with Crippen LogP contribution in [0.3, 0.4) is 0 Å². The first-order chi connectivity index (χ1) is 8.16. The molecule has 0 aromatic carbocycles. The molecule has 3 heteroatoms. The number of aryl methyl sites for hydroxylation is 1. The van der Waals surface area contributed by atoms with E-state index in [2.05, 4.69) is 0 Å². The number of nitrogens with zero attached hydrogens (tertiary/aromatic N) is 2. The largest absolute Gasteiger partial charge is 1.00 e. The Labute approximate surface area is 116 Å². The molecule has 1 aliphatic carbocycles. The molecule has 0 spiro atoms. The van der Waals surface area contributed by atoms with Crippen LogP contribution in [0.2, 0.25) is 0 Å². The minimum Gasteiger partial charge on any atom is -1.00 e. The molecule has 0 aliphatic heterocycles. The quantitative estimate of drug-likeness (QED) is 0.510. The summed E-state index contributed by atoms with van der Waals surface area (Å²) in [4.78, 5) is 0. The molecule has 84 valence electrons. The van der Waals surface area contributed by atoms with Gasteiger partial charge in [0.15, 0.2) is 18.4 Å². The highest BCUT2D eigenvalue weighted by molar-refractivity contribution is 5.58. The van der Waals surface area contributed by atoms with Gasteiger partial charge in [-0.15, -0.1) is 0 Å². The maximum absolute atomic E-state index is 8.03. The predicted octanol–water partition coefficient (Wildman–Crippen LogP) is -0.682. The molecular weight excluding hydrogens is 311 g/mol. The molecule has 1 aliphatic rings. The van der Waals surface area contributed by atoms with Crippen LogP contribution in [-0.2, 0) is 7.05 Å². The average Bonchev–Trinajstić information content (AvgIpc) is 2.99. The molecule has 2 nitrogen and oxygen atoms in total. The van der Waals surface area contributed by atoms with E-state index in [0.717, 1.165) is 24.1 Å². The topological polar surface area (TPSA) is 8.81 Å². The fourth-order valence-electron chi connectivity index (χ4n) is 1.81. The van der Waals surface area contributed by atoms with Gasteiger partial charge in [0.05, 0.1) is 0 Å². The Morgan fingerprint density at radius 2 is 2.00 bits per heavy atom. The van der Waals surface area contributed by atoms with Crippen LogP contribution < -0.4 is 28.5 Å². The number of rotatable bonds is 2. The smallest absolute Gasteiger partial charge is 0.169 e. The molecule has 0 saturated heterocycles. The van der Waals surface area contributed by atoms with Crippen molar-refractivity contribution in [3.8, 4) is 11.3 Å². The summed E-state index contributed by atoms with van der Waals surface area (Å²) in [7, 11) is 1.98. The van der Waals surface area contributed by atoms with Crippen LogP contribution in [0, 0.1) is 0 Å². The summed E-state index contributed by atoms with van der Waals surface area (Å²) in [6.07, 6.45) is 5.06. The second kappa shape index (κ2) is 4.57. The molecule has 0 bridgehead atoms. The average molecular weight is 328 g/mol. The van der Waals surface area contributed by atoms with E-state index >= 15 is 0 Å². The minimum absolute atomic E-state index is 0. The van der Waals surface area contributed by atoms with E-state index in [4.69, 9.17) is 2.74 Å². The molecule has 0 N–H and O–H groups in total. The van der Waals surface area contributed by atoms with Gasteiger partial charge < -0.3 is 28.5 Å². The Hall–Kier alpha value is -0.840. The summed E-state index contributed by atoms with van der Waals surface area (Å²) in [6.45, 7) is 0. The van der Waals surface area contributed by atoms with Crippen molar-refractivity contribution >= 4 is 0 Å². The van der Waals surface area contributed by atoms with Gasteiger partial charge in [-0.2, -0.15) is 0 Å². The molecule has 0 amide bonds. The molecule has 0 radical (unpaired) electrons. The van der Waals surface area contributed by atoms with Gasteiger partial charge in [0.1, 0.15) is 2.74 Å². The molecule has 2 aromatic heterocycles. The summed E-state index contributed by atoms with van der Waals surface area (Å²) in [5.41, 5.74) is 2.00. The Kier molecular flexibility index (Phi) is 2.63. The van der Waals surface area contributed by atoms with E-state index in [0.29, 0.717) is 18.4 Å². The van der Waals surface area contributed by atoms with Crippen molar-refractivity contribution in [1.29, 1.82) is 0 Å². The number of pyridine rings is 1. The second-order valence-electron chi connectivity index (χ2n) is 4.11. The first-order valence-electron chi connectivity index (χ1n) is 6.31. The van der Waals surface area contributed by atoms with E-state index in [1.807, 2.05) is 46.6 Å². The highest BCUT2D eigenvalue weighted by atomic mass is 127. The van der Waals surface area contributed by atoms with Gasteiger partial charge in [-0.3, -0.25) is 0 Å². The van der Waals surface area contributed by atoms with Gasteiger partial charge in [-0.25, -0.2) is 4.57 Å². The van der Waals surface area contributed by atoms with Crippen molar-refractivity contribution in [2.75, 3.05) is 0 Å². The molecule has 2 aromatic rings. The van der Waals surface area contributed by atoms with Crippen molar-refractivity contribution in [3.05, 3.63) is 42.8 Å². The van der Waals surface area contributed by atoms with Gasteiger partial charge >= 0.3 is 0 Å². The third-order valence-corrected chi connectivity index (χ3v) is 2.87. The van der Waals surface area contributed by atoms with E-state index < -0.39 is 0 Å². The Morgan fingerprint density at radius 3 is 2.50 bits per heavy atom. The molecule has 16 heavy (non-hydrogen) atoms. The van der Waals surface area contributed by atoms with Gasteiger partial charge in [0.2, 0.25) is 0 Å². The summed E-state index contributed by atoms with van der Waals surface area (Å²) in [6, 6.07) is 8.08. The van der Waals surface area contributed by atoms with Crippen molar-refractivity contribution in [1.82, 2.24) is 4.57 Å². The molecule has 3 rings (SSSR count). The van der Waals surface area contributed by atoms with Crippen molar-refractivity contribution in [3.63, 3.8) is 0 Å². The van der Waals surface area contributed by atoms with Crippen LogP contribution >= 0.6 is 0 Å². The zero-order valence-electron chi connectivity index (χ0n) is 11.2. The summed E-state index contributed by atoms with van der Waals surface area (Å²) in [5.74, 6) is 0. The van der Waals surface area contributed by atoms with E-state index in [-0.39, 0.29) is 24.0 Å². The van der Waals surface area contributed by atoms with Gasteiger partial charge in [-0.1, -0.05) is 0 Å². The van der Waals surface area contributed by atoms with E-state index in [1.165, 1.54) is 0 Å². The van der Waals surface area contributed by atoms with E-state index in [9.17, 15) is 0 Å². The lowest BCUT2D eigenvalue weighted by molar-refractivity contribution is -0.700. The minimum atomic E-state index is 0. The maximum Gasteiger partial charge on any atom is 0.169 e. The van der Waals surface area contributed by atoms with Crippen LogP contribution in [0.4, 0.5) is 0 Å². The third-order valence-electron chi connectivity index (χ3n) is 2.87. The molecule has 0 atom stereocenters. The van der Waals surface area contributed by atoms with Gasteiger partial charge in [0.25, 0.3) is 0 Å². The lowest BCUT2D eigenvalue weighted by Crippen LogP contribution is -3.00. The normalized spacial score (nSPS) is 16.3. The van der Waals surface area contributed by atoms with Crippen LogP contribution in [0.1, 0.15) is 21.6 Å². The van der Waals surface area contributed by atoms with Gasteiger partial charge in [-0.05, 0) is 12.1 Å². The van der Waals surface area contributed by atoms with Crippen LogP contribution in [0.5, 0.6) is 0 Å². The van der Waals surface area contributed by atoms with Crippen molar-refractivity contribution < 1.29 is 31.3 Å². The lowest BCUT2D eigenvalue weighted by Gasteiger charge is -2.02. The summed E-state index contributed by atoms with van der Waals surface area (Å²) < 4.78 is 19.9. The molecule has 1 saturated carbocycles. The SMILES string of the molecule is [2H]c1cc(-c2cccn2C)cc([2H])[n+]1C1CC1.[I-]. The third kappa shape index (κ3) is 2.14. The Balaban J connectivity index is 0.00000120. The Bertz CT molecular complexity index is 553. The van der Waals surface area contributed by atoms with Crippen molar-refractivity contribution in [2.24, 2.45) is 7.05 Å². The number of aromatic nitrogens is 2.